The number of amides is 2. The summed E-state index contributed by atoms with van der Waals surface area (Å²) in [6, 6.07) is 17.0. The number of rotatable bonds is 7. The standard InChI is InChI=1S/C24H24N2O6S/c1-4-17-9-12-19(13-10-17)33(29,30)32-22-15-18(11-14-20(22)23(27)31-3)25-24(28)26-21-8-6-5-7-16(21)2/h5-15H,4H2,1-3H3,(H2,25,26,28). The summed E-state index contributed by atoms with van der Waals surface area (Å²) < 4.78 is 35.6. The van der Waals surface area contributed by atoms with E-state index in [0.717, 1.165) is 17.5 Å². The van der Waals surface area contributed by atoms with E-state index in [9.17, 15) is 18.0 Å². The zero-order valence-corrected chi connectivity index (χ0v) is 19.2. The zero-order valence-electron chi connectivity index (χ0n) is 18.4. The maximum absolute atomic E-state index is 12.8. The van der Waals surface area contributed by atoms with E-state index in [1.54, 1.807) is 24.3 Å². The first-order valence-electron chi connectivity index (χ1n) is 10.1. The third-order valence-electron chi connectivity index (χ3n) is 4.86. The fourth-order valence-electron chi connectivity index (χ4n) is 3.00. The number of hydrogen-bond donors (Lipinski definition) is 2. The van der Waals surface area contributed by atoms with Crippen LogP contribution < -0.4 is 14.8 Å². The molecule has 0 bridgehead atoms. The number of aryl methyl sites for hydroxylation is 2. The van der Waals surface area contributed by atoms with Crippen molar-refractivity contribution in [2.45, 2.75) is 25.2 Å². The van der Waals surface area contributed by atoms with E-state index in [1.165, 1.54) is 37.4 Å². The molecule has 0 aliphatic rings. The number of anilines is 2. The molecule has 0 aromatic heterocycles. The maximum Gasteiger partial charge on any atom is 0.341 e. The van der Waals surface area contributed by atoms with E-state index in [0.29, 0.717) is 5.69 Å². The Morgan fingerprint density at radius 3 is 2.27 bits per heavy atom. The van der Waals surface area contributed by atoms with Crippen molar-refractivity contribution in [2.75, 3.05) is 17.7 Å². The highest BCUT2D eigenvalue weighted by Crippen LogP contribution is 2.28. The number of carbonyl (C=O) groups is 2. The number of para-hydroxylation sites is 1. The molecule has 0 atom stereocenters. The van der Waals surface area contributed by atoms with Crippen molar-refractivity contribution in [3.63, 3.8) is 0 Å². The van der Waals surface area contributed by atoms with Gasteiger partial charge in [-0.05, 0) is 54.8 Å². The minimum absolute atomic E-state index is 0.0637. The first-order valence-corrected chi connectivity index (χ1v) is 11.5. The van der Waals surface area contributed by atoms with Crippen molar-refractivity contribution in [1.82, 2.24) is 0 Å². The monoisotopic (exact) mass is 468 g/mol. The number of carbonyl (C=O) groups excluding carboxylic acids is 2. The molecule has 2 N–H and O–H groups in total. The summed E-state index contributed by atoms with van der Waals surface area (Å²) in [6.45, 7) is 3.81. The average Bonchev–Trinajstić information content (AvgIpc) is 2.80. The van der Waals surface area contributed by atoms with Gasteiger partial charge in [-0.1, -0.05) is 37.3 Å². The number of methoxy groups -OCH3 is 1. The van der Waals surface area contributed by atoms with E-state index >= 15 is 0 Å². The van der Waals surface area contributed by atoms with Gasteiger partial charge in [-0.3, -0.25) is 0 Å². The lowest BCUT2D eigenvalue weighted by molar-refractivity contribution is 0.0599. The van der Waals surface area contributed by atoms with Crippen LogP contribution in [0.15, 0.2) is 71.6 Å². The lowest BCUT2D eigenvalue weighted by atomic mass is 10.2. The summed E-state index contributed by atoms with van der Waals surface area (Å²) in [6.07, 6.45) is 0.756. The SMILES string of the molecule is CCc1ccc(S(=O)(=O)Oc2cc(NC(=O)Nc3ccccc3C)ccc2C(=O)OC)cc1. The lowest BCUT2D eigenvalue weighted by Crippen LogP contribution is -2.20. The quantitative estimate of drug-likeness (QED) is 0.382. The van der Waals surface area contributed by atoms with Gasteiger partial charge in [-0.25, -0.2) is 9.59 Å². The molecule has 9 heteroatoms. The van der Waals surface area contributed by atoms with Crippen LogP contribution in [0.5, 0.6) is 5.75 Å². The Morgan fingerprint density at radius 2 is 1.64 bits per heavy atom. The second-order valence-electron chi connectivity index (χ2n) is 7.13. The minimum Gasteiger partial charge on any atom is -0.465 e. The highest BCUT2D eigenvalue weighted by molar-refractivity contribution is 7.87. The highest BCUT2D eigenvalue weighted by Gasteiger charge is 2.22. The summed E-state index contributed by atoms with van der Waals surface area (Å²) in [7, 11) is -3.07. The molecule has 0 fully saturated rings. The topological polar surface area (TPSA) is 111 Å². The summed E-state index contributed by atoms with van der Waals surface area (Å²) in [5.41, 5.74) is 2.58. The Bertz CT molecular complexity index is 1270. The van der Waals surface area contributed by atoms with Gasteiger partial charge in [0.2, 0.25) is 0 Å². The molecule has 8 nitrogen and oxygen atoms in total. The van der Waals surface area contributed by atoms with Crippen molar-refractivity contribution < 1.29 is 26.9 Å². The van der Waals surface area contributed by atoms with E-state index in [4.69, 9.17) is 8.92 Å². The Morgan fingerprint density at radius 1 is 0.939 bits per heavy atom. The third kappa shape index (κ3) is 5.89. The molecule has 0 spiro atoms. The molecule has 0 saturated heterocycles. The molecule has 3 rings (SSSR count). The van der Waals surface area contributed by atoms with Crippen LogP contribution in [0, 0.1) is 6.92 Å². The molecule has 0 heterocycles. The van der Waals surface area contributed by atoms with Crippen LogP contribution in [0.25, 0.3) is 0 Å². The predicted octanol–water partition coefficient (Wildman–Crippen LogP) is 4.76. The van der Waals surface area contributed by atoms with Crippen LogP contribution in [0.4, 0.5) is 16.2 Å². The molecule has 0 aliphatic heterocycles. The predicted molar refractivity (Wildman–Crippen MR) is 125 cm³/mol. The van der Waals surface area contributed by atoms with Gasteiger partial charge in [0.1, 0.15) is 10.5 Å². The molecule has 3 aromatic carbocycles. The molecule has 0 radical (unpaired) electrons. The van der Waals surface area contributed by atoms with E-state index in [1.807, 2.05) is 26.0 Å². The summed E-state index contributed by atoms with van der Waals surface area (Å²) in [5.74, 6) is -1.05. The van der Waals surface area contributed by atoms with E-state index < -0.39 is 22.1 Å². The number of hydrogen-bond acceptors (Lipinski definition) is 6. The maximum atomic E-state index is 12.8. The van der Waals surface area contributed by atoms with Gasteiger partial charge in [-0.2, -0.15) is 8.42 Å². The summed E-state index contributed by atoms with van der Waals surface area (Å²) in [4.78, 5) is 24.5. The fraction of sp³-hybridized carbons (Fsp3) is 0.167. The normalized spacial score (nSPS) is 10.9. The molecule has 172 valence electrons. The summed E-state index contributed by atoms with van der Waals surface area (Å²) >= 11 is 0. The van der Waals surface area contributed by atoms with E-state index in [-0.39, 0.29) is 21.9 Å². The number of esters is 1. The fourth-order valence-corrected chi connectivity index (χ4v) is 3.94. The Kier molecular flexibility index (Phi) is 7.34. The van der Waals surface area contributed by atoms with Crippen molar-refractivity contribution in [3.05, 3.63) is 83.4 Å². The van der Waals surface area contributed by atoms with Crippen LogP contribution in [-0.2, 0) is 21.3 Å². The van der Waals surface area contributed by atoms with Gasteiger partial charge in [0.05, 0.1) is 7.11 Å². The smallest absolute Gasteiger partial charge is 0.341 e. The minimum atomic E-state index is -4.24. The van der Waals surface area contributed by atoms with Crippen molar-refractivity contribution in [2.24, 2.45) is 0 Å². The summed E-state index contributed by atoms with van der Waals surface area (Å²) in [5, 5.41) is 5.32. The zero-order chi connectivity index (χ0) is 24.0. The molecule has 0 unspecified atom stereocenters. The molecule has 3 aromatic rings. The van der Waals surface area contributed by atoms with Crippen LogP contribution in [0.2, 0.25) is 0 Å². The van der Waals surface area contributed by atoms with Crippen LogP contribution in [0.1, 0.15) is 28.4 Å². The van der Waals surface area contributed by atoms with Crippen LogP contribution in [0.3, 0.4) is 0 Å². The first kappa shape index (κ1) is 23.8. The average molecular weight is 469 g/mol. The first-order chi connectivity index (χ1) is 15.7. The Balaban J connectivity index is 1.87. The second kappa shape index (κ2) is 10.2. The highest BCUT2D eigenvalue weighted by atomic mass is 32.2. The number of urea groups is 1. The van der Waals surface area contributed by atoms with Crippen LogP contribution >= 0.6 is 0 Å². The van der Waals surface area contributed by atoms with Crippen molar-refractivity contribution in [3.8, 4) is 5.75 Å². The lowest BCUT2D eigenvalue weighted by Gasteiger charge is -2.14. The van der Waals surface area contributed by atoms with Gasteiger partial charge in [0.25, 0.3) is 0 Å². The molecule has 0 aliphatic carbocycles. The van der Waals surface area contributed by atoms with Gasteiger partial charge in [-0.15, -0.1) is 0 Å². The van der Waals surface area contributed by atoms with Crippen molar-refractivity contribution in [1.29, 1.82) is 0 Å². The van der Waals surface area contributed by atoms with E-state index in [2.05, 4.69) is 10.6 Å². The molecule has 2 amide bonds. The molecule has 0 saturated carbocycles. The number of nitrogens with one attached hydrogen (secondary N) is 2. The third-order valence-corrected chi connectivity index (χ3v) is 6.11. The largest absolute Gasteiger partial charge is 0.465 e. The number of benzene rings is 3. The molecule has 33 heavy (non-hydrogen) atoms. The Hall–Kier alpha value is -3.85. The second-order valence-corrected chi connectivity index (χ2v) is 8.68. The van der Waals surface area contributed by atoms with Gasteiger partial charge >= 0.3 is 22.1 Å². The van der Waals surface area contributed by atoms with Gasteiger partial charge < -0.3 is 19.6 Å². The van der Waals surface area contributed by atoms with Crippen LogP contribution in [-0.4, -0.2) is 27.5 Å². The number of ether oxygens (including phenoxy) is 1. The van der Waals surface area contributed by atoms with Gasteiger partial charge in [0, 0.05) is 17.4 Å². The Labute approximate surface area is 192 Å². The van der Waals surface area contributed by atoms with Gasteiger partial charge in [0.15, 0.2) is 5.75 Å². The molecular weight excluding hydrogens is 444 g/mol. The molecular formula is C24H24N2O6S. The van der Waals surface area contributed by atoms with Crippen molar-refractivity contribution >= 4 is 33.5 Å².